The molecule has 0 aliphatic carbocycles. The van der Waals surface area contributed by atoms with Crippen LogP contribution in [0.1, 0.15) is 16.1 Å². The molecule has 2 N–H and O–H groups in total. The molecule has 1 aromatic carbocycles. The third kappa shape index (κ3) is 4.30. The molecular formula is C17H15N5OS. The van der Waals surface area contributed by atoms with Gasteiger partial charge in [-0.3, -0.25) is 14.5 Å². The fourth-order valence-electron chi connectivity index (χ4n) is 1.91. The highest BCUT2D eigenvalue weighted by molar-refractivity contribution is 8.00. The molecule has 6 nitrogen and oxygen atoms in total. The van der Waals surface area contributed by atoms with Crippen LogP contribution in [-0.2, 0) is 0 Å². The summed E-state index contributed by atoms with van der Waals surface area (Å²) in [6.07, 6.45) is 4.88. The SMILES string of the molecule is Cc1ccnc(NSc2ccc(NC(=O)c3cccnc3)cc2)n1. The highest BCUT2D eigenvalue weighted by atomic mass is 32.2. The largest absolute Gasteiger partial charge is 0.322 e. The lowest BCUT2D eigenvalue weighted by atomic mass is 10.2. The Morgan fingerprint density at radius 3 is 2.62 bits per heavy atom. The summed E-state index contributed by atoms with van der Waals surface area (Å²) in [6, 6.07) is 12.8. The highest BCUT2D eigenvalue weighted by Crippen LogP contribution is 2.21. The van der Waals surface area contributed by atoms with Crippen LogP contribution in [0.15, 0.2) is 66.0 Å². The second-order valence-corrected chi connectivity index (χ2v) is 5.83. The van der Waals surface area contributed by atoms with Gasteiger partial charge in [0.2, 0.25) is 5.95 Å². The summed E-state index contributed by atoms with van der Waals surface area (Å²) in [5.41, 5.74) is 2.15. The Hall–Kier alpha value is -2.93. The zero-order valence-corrected chi connectivity index (χ0v) is 13.7. The van der Waals surface area contributed by atoms with E-state index in [4.69, 9.17) is 0 Å². The summed E-state index contributed by atoms with van der Waals surface area (Å²) in [5.74, 6) is 0.378. The summed E-state index contributed by atoms with van der Waals surface area (Å²) in [5, 5.41) is 2.83. The number of carbonyl (C=O) groups is 1. The van der Waals surface area contributed by atoms with Gasteiger partial charge in [-0.05, 0) is 61.3 Å². The number of amides is 1. The number of nitrogens with zero attached hydrogens (tertiary/aromatic N) is 3. The predicted octanol–water partition coefficient (Wildman–Crippen LogP) is 3.55. The van der Waals surface area contributed by atoms with Gasteiger partial charge < -0.3 is 5.32 Å². The maximum Gasteiger partial charge on any atom is 0.257 e. The molecule has 0 fully saturated rings. The molecule has 3 aromatic rings. The van der Waals surface area contributed by atoms with E-state index in [1.165, 1.54) is 18.1 Å². The molecule has 0 bridgehead atoms. The predicted molar refractivity (Wildman–Crippen MR) is 94.9 cm³/mol. The Morgan fingerprint density at radius 2 is 1.92 bits per heavy atom. The van der Waals surface area contributed by atoms with Crippen LogP contribution in [0, 0.1) is 6.92 Å². The van der Waals surface area contributed by atoms with Crippen molar-refractivity contribution in [1.29, 1.82) is 0 Å². The molecule has 0 atom stereocenters. The number of rotatable bonds is 5. The first kappa shape index (κ1) is 15.9. The Morgan fingerprint density at radius 1 is 1.08 bits per heavy atom. The number of aryl methyl sites for hydroxylation is 1. The number of benzene rings is 1. The van der Waals surface area contributed by atoms with E-state index in [9.17, 15) is 4.79 Å². The van der Waals surface area contributed by atoms with Crippen molar-refractivity contribution in [2.45, 2.75) is 11.8 Å². The van der Waals surface area contributed by atoms with E-state index < -0.39 is 0 Å². The van der Waals surface area contributed by atoms with Gasteiger partial charge in [0.1, 0.15) is 0 Å². The fraction of sp³-hybridized carbons (Fsp3) is 0.0588. The van der Waals surface area contributed by atoms with E-state index in [2.05, 4.69) is 25.0 Å². The Balaban J connectivity index is 1.58. The third-order valence-corrected chi connectivity index (χ3v) is 3.88. The number of aromatic nitrogens is 3. The minimum absolute atomic E-state index is 0.185. The van der Waals surface area contributed by atoms with Crippen LogP contribution in [0.4, 0.5) is 11.6 Å². The van der Waals surface area contributed by atoms with Crippen LogP contribution >= 0.6 is 11.9 Å². The highest BCUT2D eigenvalue weighted by Gasteiger charge is 2.05. The Labute approximate surface area is 143 Å². The van der Waals surface area contributed by atoms with Crippen molar-refractivity contribution < 1.29 is 4.79 Å². The third-order valence-electron chi connectivity index (χ3n) is 3.09. The minimum atomic E-state index is -0.185. The van der Waals surface area contributed by atoms with Crippen molar-refractivity contribution in [2.24, 2.45) is 0 Å². The summed E-state index contributed by atoms with van der Waals surface area (Å²) < 4.78 is 3.09. The van der Waals surface area contributed by atoms with Crippen molar-refractivity contribution in [3.63, 3.8) is 0 Å². The molecule has 7 heteroatoms. The van der Waals surface area contributed by atoms with Gasteiger partial charge in [-0.15, -0.1) is 0 Å². The summed E-state index contributed by atoms with van der Waals surface area (Å²) >= 11 is 1.41. The van der Waals surface area contributed by atoms with Crippen molar-refractivity contribution in [3.05, 3.63) is 72.3 Å². The van der Waals surface area contributed by atoms with Gasteiger partial charge >= 0.3 is 0 Å². The maximum atomic E-state index is 12.1. The second kappa shape index (κ2) is 7.56. The number of pyridine rings is 1. The average molecular weight is 337 g/mol. The van der Waals surface area contributed by atoms with Gasteiger partial charge in [-0.1, -0.05) is 0 Å². The molecule has 0 saturated heterocycles. The lowest BCUT2D eigenvalue weighted by Gasteiger charge is -2.07. The second-order valence-electron chi connectivity index (χ2n) is 4.95. The molecule has 24 heavy (non-hydrogen) atoms. The molecule has 0 saturated carbocycles. The molecule has 120 valence electrons. The average Bonchev–Trinajstić information content (AvgIpc) is 2.62. The standard InChI is InChI=1S/C17H15N5OS/c1-12-8-10-19-17(20-12)22-24-15-6-4-14(5-7-15)21-16(23)13-3-2-9-18-11-13/h2-11H,1H3,(H,21,23)(H,19,20,22). The first-order chi connectivity index (χ1) is 11.7. The number of anilines is 2. The van der Waals surface area contributed by atoms with Gasteiger partial charge in [0.25, 0.3) is 5.91 Å². The van der Waals surface area contributed by atoms with Gasteiger partial charge in [-0.25, -0.2) is 9.97 Å². The van der Waals surface area contributed by atoms with E-state index in [0.717, 1.165) is 16.3 Å². The molecule has 0 unspecified atom stereocenters. The van der Waals surface area contributed by atoms with Gasteiger partial charge in [0.15, 0.2) is 0 Å². The van der Waals surface area contributed by atoms with E-state index in [-0.39, 0.29) is 5.91 Å². The zero-order chi connectivity index (χ0) is 16.8. The van der Waals surface area contributed by atoms with Crippen LogP contribution in [0.25, 0.3) is 0 Å². The normalized spacial score (nSPS) is 10.2. The summed E-state index contributed by atoms with van der Waals surface area (Å²) in [6.45, 7) is 1.91. The summed E-state index contributed by atoms with van der Waals surface area (Å²) in [7, 11) is 0. The van der Waals surface area contributed by atoms with Crippen LogP contribution in [-0.4, -0.2) is 20.9 Å². The topological polar surface area (TPSA) is 79.8 Å². The molecule has 0 radical (unpaired) electrons. The van der Waals surface area contributed by atoms with Crippen LogP contribution in [0.5, 0.6) is 0 Å². The number of nitrogens with one attached hydrogen (secondary N) is 2. The molecule has 0 aliphatic heterocycles. The molecule has 2 heterocycles. The Bertz CT molecular complexity index is 824. The first-order valence-electron chi connectivity index (χ1n) is 7.25. The van der Waals surface area contributed by atoms with Crippen molar-refractivity contribution in [3.8, 4) is 0 Å². The van der Waals surface area contributed by atoms with Gasteiger partial charge in [0.05, 0.1) is 5.56 Å². The minimum Gasteiger partial charge on any atom is -0.322 e. The molecular weight excluding hydrogens is 322 g/mol. The van der Waals surface area contributed by atoms with Crippen LogP contribution < -0.4 is 10.0 Å². The molecule has 2 aromatic heterocycles. The van der Waals surface area contributed by atoms with Gasteiger partial charge in [-0.2, -0.15) is 0 Å². The summed E-state index contributed by atoms with van der Waals surface area (Å²) in [4.78, 5) is 25.4. The van der Waals surface area contributed by atoms with E-state index in [0.29, 0.717) is 11.5 Å². The van der Waals surface area contributed by atoms with Gasteiger partial charge in [0, 0.05) is 34.9 Å². The first-order valence-corrected chi connectivity index (χ1v) is 8.06. The van der Waals surface area contributed by atoms with E-state index >= 15 is 0 Å². The molecule has 3 rings (SSSR count). The van der Waals surface area contributed by atoms with E-state index in [1.54, 1.807) is 24.5 Å². The monoisotopic (exact) mass is 337 g/mol. The quantitative estimate of drug-likeness (QED) is 0.693. The number of hydrogen-bond acceptors (Lipinski definition) is 6. The number of carbonyl (C=O) groups excluding carboxylic acids is 1. The number of hydrogen-bond donors (Lipinski definition) is 2. The Kier molecular flexibility index (Phi) is 5.02. The lowest BCUT2D eigenvalue weighted by Crippen LogP contribution is -2.11. The molecule has 0 spiro atoms. The smallest absolute Gasteiger partial charge is 0.257 e. The fourth-order valence-corrected chi connectivity index (χ4v) is 2.49. The van der Waals surface area contributed by atoms with Crippen LogP contribution in [0.2, 0.25) is 0 Å². The molecule has 0 aliphatic rings. The van der Waals surface area contributed by atoms with Crippen LogP contribution in [0.3, 0.4) is 0 Å². The molecule has 1 amide bonds. The van der Waals surface area contributed by atoms with Crippen molar-refractivity contribution >= 4 is 29.5 Å². The zero-order valence-electron chi connectivity index (χ0n) is 12.9. The lowest BCUT2D eigenvalue weighted by molar-refractivity contribution is 0.102. The van der Waals surface area contributed by atoms with E-state index in [1.807, 2.05) is 37.3 Å². The maximum absolute atomic E-state index is 12.1. The van der Waals surface area contributed by atoms with Crippen molar-refractivity contribution in [1.82, 2.24) is 15.0 Å². The van der Waals surface area contributed by atoms with Crippen molar-refractivity contribution in [2.75, 3.05) is 10.0 Å².